The van der Waals surface area contributed by atoms with E-state index in [0.29, 0.717) is 23.1 Å². The minimum absolute atomic E-state index is 0.380. The molecule has 2 nitrogen and oxygen atoms in total. The van der Waals surface area contributed by atoms with Crippen LogP contribution in [0.15, 0.2) is 18.2 Å². The van der Waals surface area contributed by atoms with Crippen LogP contribution in [0.3, 0.4) is 0 Å². The second kappa shape index (κ2) is 6.05. The molecule has 0 amide bonds. The van der Waals surface area contributed by atoms with E-state index in [1.807, 2.05) is 20.8 Å². The van der Waals surface area contributed by atoms with Gasteiger partial charge in [-0.05, 0) is 38.5 Å². The van der Waals surface area contributed by atoms with E-state index in [9.17, 15) is 5.11 Å². The van der Waals surface area contributed by atoms with E-state index in [4.69, 9.17) is 27.9 Å². The first kappa shape index (κ1) is 14.8. The van der Waals surface area contributed by atoms with Crippen molar-refractivity contribution in [2.75, 3.05) is 6.61 Å². The molecule has 0 saturated carbocycles. The summed E-state index contributed by atoms with van der Waals surface area (Å²) in [5.41, 5.74) is 0.146. The SMILES string of the molecule is CCOC(C)(C)C(O)Cc1c(Cl)cccc1Cl. The van der Waals surface area contributed by atoms with Gasteiger partial charge in [0, 0.05) is 23.1 Å². The van der Waals surface area contributed by atoms with Crippen molar-refractivity contribution in [3.63, 3.8) is 0 Å². The molecule has 0 aromatic heterocycles. The Labute approximate surface area is 113 Å². The highest BCUT2D eigenvalue weighted by Crippen LogP contribution is 2.28. The lowest BCUT2D eigenvalue weighted by atomic mass is 9.95. The highest BCUT2D eigenvalue weighted by molar-refractivity contribution is 6.35. The molecule has 0 saturated heterocycles. The van der Waals surface area contributed by atoms with Crippen LogP contribution >= 0.6 is 23.2 Å². The zero-order chi connectivity index (χ0) is 13.1. The molecule has 96 valence electrons. The molecule has 0 radical (unpaired) electrons. The van der Waals surface area contributed by atoms with Gasteiger partial charge in [0.2, 0.25) is 0 Å². The second-order valence-corrected chi connectivity index (χ2v) is 5.27. The summed E-state index contributed by atoms with van der Waals surface area (Å²) in [5.74, 6) is 0. The van der Waals surface area contributed by atoms with Crippen molar-refractivity contribution >= 4 is 23.2 Å². The Hall–Kier alpha value is -0.280. The Morgan fingerprint density at radius 3 is 2.29 bits per heavy atom. The minimum atomic E-state index is -0.653. The van der Waals surface area contributed by atoms with Crippen LogP contribution in [0.5, 0.6) is 0 Å². The molecular formula is C13H18Cl2O2. The fraction of sp³-hybridized carbons (Fsp3) is 0.538. The lowest BCUT2D eigenvalue weighted by Crippen LogP contribution is -2.40. The predicted octanol–water partition coefficient (Wildman–Crippen LogP) is 3.71. The number of benzene rings is 1. The van der Waals surface area contributed by atoms with E-state index in [-0.39, 0.29) is 0 Å². The van der Waals surface area contributed by atoms with Crippen molar-refractivity contribution in [3.8, 4) is 0 Å². The molecule has 0 fully saturated rings. The average Bonchev–Trinajstić information content (AvgIpc) is 2.23. The fourth-order valence-corrected chi connectivity index (χ4v) is 2.19. The predicted molar refractivity (Wildman–Crippen MR) is 71.9 cm³/mol. The number of hydrogen-bond acceptors (Lipinski definition) is 2. The van der Waals surface area contributed by atoms with Crippen molar-refractivity contribution in [2.24, 2.45) is 0 Å². The summed E-state index contributed by atoms with van der Waals surface area (Å²) in [4.78, 5) is 0. The van der Waals surface area contributed by atoms with Gasteiger partial charge in [-0.3, -0.25) is 0 Å². The van der Waals surface area contributed by atoms with Crippen molar-refractivity contribution in [1.29, 1.82) is 0 Å². The van der Waals surface area contributed by atoms with E-state index in [1.165, 1.54) is 0 Å². The quantitative estimate of drug-likeness (QED) is 0.889. The van der Waals surface area contributed by atoms with Gasteiger partial charge in [-0.2, -0.15) is 0 Å². The van der Waals surface area contributed by atoms with Gasteiger partial charge in [0.15, 0.2) is 0 Å². The summed E-state index contributed by atoms with van der Waals surface area (Å²) >= 11 is 12.1. The molecule has 1 unspecified atom stereocenters. The van der Waals surface area contributed by atoms with Crippen molar-refractivity contribution in [2.45, 2.75) is 38.9 Å². The molecule has 1 rings (SSSR count). The molecule has 0 aliphatic heterocycles. The van der Waals surface area contributed by atoms with Gasteiger partial charge in [-0.1, -0.05) is 29.3 Å². The summed E-state index contributed by atoms with van der Waals surface area (Å²) < 4.78 is 5.51. The molecule has 0 aliphatic carbocycles. The Kier molecular flexibility index (Phi) is 5.26. The van der Waals surface area contributed by atoms with Crippen LogP contribution in [-0.2, 0) is 11.2 Å². The zero-order valence-corrected chi connectivity index (χ0v) is 11.8. The van der Waals surface area contributed by atoms with Crippen molar-refractivity contribution in [1.82, 2.24) is 0 Å². The normalized spacial score (nSPS) is 13.8. The van der Waals surface area contributed by atoms with Crippen LogP contribution in [-0.4, -0.2) is 23.4 Å². The average molecular weight is 277 g/mol. The van der Waals surface area contributed by atoms with E-state index in [2.05, 4.69) is 0 Å². The van der Waals surface area contributed by atoms with Crippen molar-refractivity contribution < 1.29 is 9.84 Å². The van der Waals surface area contributed by atoms with Gasteiger partial charge in [0.25, 0.3) is 0 Å². The highest BCUT2D eigenvalue weighted by atomic mass is 35.5. The van der Waals surface area contributed by atoms with Gasteiger partial charge >= 0.3 is 0 Å². The van der Waals surface area contributed by atoms with Gasteiger partial charge in [-0.25, -0.2) is 0 Å². The summed E-state index contributed by atoms with van der Waals surface area (Å²) in [6, 6.07) is 5.32. The molecule has 1 atom stereocenters. The smallest absolute Gasteiger partial charge is 0.0887 e. The molecule has 1 aromatic carbocycles. The number of halogens is 2. The lowest BCUT2D eigenvalue weighted by Gasteiger charge is -2.30. The third kappa shape index (κ3) is 3.85. The van der Waals surface area contributed by atoms with E-state index < -0.39 is 11.7 Å². The molecule has 4 heteroatoms. The third-order valence-electron chi connectivity index (χ3n) is 2.78. The molecule has 0 heterocycles. The minimum Gasteiger partial charge on any atom is -0.390 e. The number of ether oxygens (including phenoxy) is 1. The lowest BCUT2D eigenvalue weighted by molar-refractivity contribution is -0.0955. The Morgan fingerprint density at radius 2 is 1.82 bits per heavy atom. The highest BCUT2D eigenvalue weighted by Gasteiger charge is 2.29. The summed E-state index contributed by atoms with van der Waals surface area (Å²) in [6.07, 6.45) is -0.272. The molecule has 0 spiro atoms. The number of hydrogen-bond donors (Lipinski definition) is 1. The van der Waals surface area contributed by atoms with E-state index in [1.54, 1.807) is 18.2 Å². The van der Waals surface area contributed by atoms with E-state index >= 15 is 0 Å². The first-order chi connectivity index (χ1) is 7.88. The van der Waals surface area contributed by atoms with Crippen molar-refractivity contribution in [3.05, 3.63) is 33.8 Å². The molecule has 0 aliphatic rings. The number of aliphatic hydroxyl groups excluding tert-OH is 1. The maximum absolute atomic E-state index is 10.2. The third-order valence-corrected chi connectivity index (χ3v) is 3.49. The molecular weight excluding hydrogens is 259 g/mol. The van der Waals surface area contributed by atoms with Gasteiger partial charge in [-0.15, -0.1) is 0 Å². The summed E-state index contributed by atoms with van der Waals surface area (Å²) in [6.45, 7) is 6.16. The first-order valence-electron chi connectivity index (χ1n) is 5.63. The Morgan fingerprint density at radius 1 is 1.29 bits per heavy atom. The number of aliphatic hydroxyl groups is 1. The molecule has 17 heavy (non-hydrogen) atoms. The summed E-state index contributed by atoms with van der Waals surface area (Å²) in [7, 11) is 0. The van der Waals surface area contributed by atoms with Crippen LogP contribution in [0.1, 0.15) is 26.3 Å². The Balaban J connectivity index is 2.84. The van der Waals surface area contributed by atoms with Crippen LogP contribution < -0.4 is 0 Å². The van der Waals surface area contributed by atoms with Gasteiger partial charge in [0.05, 0.1) is 11.7 Å². The largest absolute Gasteiger partial charge is 0.390 e. The maximum atomic E-state index is 10.2. The van der Waals surface area contributed by atoms with Crippen LogP contribution in [0.4, 0.5) is 0 Å². The van der Waals surface area contributed by atoms with Gasteiger partial charge < -0.3 is 9.84 Å². The van der Waals surface area contributed by atoms with Crippen LogP contribution in [0.25, 0.3) is 0 Å². The summed E-state index contributed by atoms with van der Waals surface area (Å²) in [5, 5.41) is 11.3. The van der Waals surface area contributed by atoms with Crippen LogP contribution in [0.2, 0.25) is 10.0 Å². The molecule has 1 N–H and O–H groups in total. The monoisotopic (exact) mass is 276 g/mol. The van der Waals surface area contributed by atoms with Gasteiger partial charge in [0.1, 0.15) is 0 Å². The van der Waals surface area contributed by atoms with Crippen LogP contribution in [0, 0.1) is 0 Å². The number of rotatable bonds is 5. The molecule has 1 aromatic rings. The zero-order valence-electron chi connectivity index (χ0n) is 10.3. The molecule has 0 bridgehead atoms. The first-order valence-corrected chi connectivity index (χ1v) is 6.39. The second-order valence-electron chi connectivity index (χ2n) is 4.46. The fourth-order valence-electron chi connectivity index (χ4n) is 1.63. The Bertz CT molecular complexity index is 357. The standard InChI is InChI=1S/C13H18Cl2O2/c1-4-17-13(2,3)12(16)8-9-10(14)6-5-7-11(9)15/h5-7,12,16H,4,8H2,1-3H3. The maximum Gasteiger partial charge on any atom is 0.0887 e. The topological polar surface area (TPSA) is 29.5 Å². The van der Waals surface area contributed by atoms with E-state index in [0.717, 1.165) is 5.56 Å².